The number of hydrogen-bond acceptors (Lipinski definition) is 6. The third kappa shape index (κ3) is 5.16. The van der Waals surface area contributed by atoms with Gasteiger partial charge in [-0.25, -0.2) is 0 Å². The lowest BCUT2D eigenvalue weighted by molar-refractivity contribution is -0.129. The molecule has 3 aromatic rings. The molecule has 1 amide bonds. The van der Waals surface area contributed by atoms with Gasteiger partial charge >= 0.3 is 0 Å². The van der Waals surface area contributed by atoms with Gasteiger partial charge in [0.25, 0.3) is 0 Å². The number of amides is 1. The Morgan fingerprint density at radius 2 is 1.81 bits per heavy atom. The number of methoxy groups -OCH3 is 1. The molecule has 1 fully saturated rings. The highest BCUT2D eigenvalue weighted by Crippen LogP contribution is 2.44. The van der Waals surface area contributed by atoms with E-state index in [-0.39, 0.29) is 18.2 Å². The lowest BCUT2D eigenvalue weighted by atomic mass is 9.86. The molecule has 0 N–H and O–H groups in total. The van der Waals surface area contributed by atoms with Gasteiger partial charge in [0.2, 0.25) is 5.91 Å². The van der Waals surface area contributed by atoms with Crippen LogP contribution in [0.5, 0.6) is 11.5 Å². The fraction of sp³-hybridized carbons (Fsp3) is 0.267. The zero-order valence-electron chi connectivity index (χ0n) is 21.0. The van der Waals surface area contributed by atoms with Crippen molar-refractivity contribution in [1.82, 2.24) is 4.90 Å². The van der Waals surface area contributed by atoms with Crippen LogP contribution in [0.15, 0.2) is 83.4 Å². The van der Waals surface area contributed by atoms with Crippen LogP contribution in [-0.2, 0) is 17.8 Å². The number of allylic oxidation sites excluding steroid dienone is 1. The smallest absolute Gasteiger partial charge is 0.229 e. The van der Waals surface area contributed by atoms with Crippen LogP contribution in [0.3, 0.4) is 0 Å². The number of carbonyl (C=O) groups is 1. The molecule has 0 bridgehead atoms. The van der Waals surface area contributed by atoms with E-state index in [1.807, 2.05) is 48.5 Å². The predicted octanol–water partition coefficient (Wildman–Crippen LogP) is 6.06. The summed E-state index contributed by atoms with van der Waals surface area (Å²) in [4.78, 5) is 17.2. The van der Waals surface area contributed by atoms with Gasteiger partial charge in [-0.2, -0.15) is 5.26 Å². The lowest BCUT2D eigenvalue weighted by Crippen LogP contribution is -2.47. The number of hydrogen-bond donors (Lipinski definition) is 0. The van der Waals surface area contributed by atoms with Crippen molar-refractivity contribution in [3.05, 3.63) is 100 Å². The molecule has 2 heterocycles. The Hall–Kier alpha value is -3.89. The monoisotopic (exact) mass is 511 g/mol. The van der Waals surface area contributed by atoms with E-state index in [0.717, 1.165) is 28.3 Å². The molecule has 188 valence electrons. The number of nitrogens with zero attached hydrogens (tertiary/aromatic N) is 3. The van der Waals surface area contributed by atoms with Gasteiger partial charge in [0.15, 0.2) is 11.5 Å². The van der Waals surface area contributed by atoms with Crippen molar-refractivity contribution < 1.29 is 14.3 Å². The first-order chi connectivity index (χ1) is 18.1. The first kappa shape index (κ1) is 24.8. The zero-order chi connectivity index (χ0) is 25.8. The largest absolute Gasteiger partial charge is 0.493 e. The molecule has 2 aliphatic rings. The maximum atomic E-state index is 13.3. The Morgan fingerprint density at radius 3 is 2.51 bits per heavy atom. The molecule has 0 aromatic heterocycles. The topological polar surface area (TPSA) is 65.8 Å². The zero-order valence-corrected chi connectivity index (χ0v) is 21.8. The van der Waals surface area contributed by atoms with Crippen molar-refractivity contribution in [2.45, 2.75) is 32.3 Å². The number of benzene rings is 3. The molecule has 0 spiro atoms. The fourth-order valence-corrected chi connectivity index (χ4v) is 5.88. The standard InChI is InChI=1S/C30H29N3O3S/c1-3-21-9-12-24(13-10-21)32-19-33-29(34)16-25(26(17-31)30(33)37-20-32)23-11-14-27(28(15-23)35-2)36-18-22-7-5-4-6-8-22/h4-15,25H,3,16,18-20H2,1-2H3/t25-/m0/s1. The number of nitriles is 1. The van der Waals surface area contributed by atoms with E-state index in [4.69, 9.17) is 9.47 Å². The summed E-state index contributed by atoms with van der Waals surface area (Å²) in [6.45, 7) is 3.01. The van der Waals surface area contributed by atoms with Crippen LogP contribution in [0, 0.1) is 11.3 Å². The van der Waals surface area contributed by atoms with Gasteiger partial charge in [-0.1, -0.05) is 67.2 Å². The summed E-state index contributed by atoms with van der Waals surface area (Å²) in [5, 5.41) is 10.9. The number of carbonyl (C=O) groups excluding carboxylic acids is 1. The summed E-state index contributed by atoms with van der Waals surface area (Å²) in [5.74, 6) is 1.59. The number of rotatable bonds is 7. The second kappa shape index (κ2) is 11.0. The third-order valence-electron chi connectivity index (χ3n) is 6.83. The number of anilines is 1. The Morgan fingerprint density at radius 1 is 1.03 bits per heavy atom. The van der Waals surface area contributed by atoms with Crippen LogP contribution in [-0.4, -0.2) is 30.5 Å². The summed E-state index contributed by atoms with van der Waals surface area (Å²) in [7, 11) is 1.60. The van der Waals surface area contributed by atoms with E-state index in [9.17, 15) is 10.1 Å². The molecule has 37 heavy (non-hydrogen) atoms. The average molecular weight is 512 g/mol. The average Bonchev–Trinajstić information content (AvgIpc) is 2.96. The Kier molecular flexibility index (Phi) is 7.38. The van der Waals surface area contributed by atoms with Gasteiger partial charge in [-0.05, 0) is 47.4 Å². The second-order valence-corrected chi connectivity index (χ2v) is 10.0. The molecule has 6 nitrogen and oxygen atoms in total. The van der Waals surface area contributed by atoms with Crippen molar-refractivity contribution in [2.24, 2.45) is 0 Å². The summed E-state index contributed by atoms with van der Waals surface area (Å²) in [6.07, 6.45) is 1.23. The quantitative estimate of drug-likeness (QED) is 0.384. The minimum Gasteiger partial charge on any atom is -0.493 e. The van der Waals surface area contributed by atoms with Gasteiger partial charge in [0.05, 0.1) is 36.3 Å². The van der Waals surface area contributed by atoms with Crippen LogP contribution in [0.2, 0.25) is 0 Å². The lowest BCUT2D eigenvalue weighted by Gasteiger charge is -2.42. The SMILES string of the molecule is CCc1ccc(N2CSC3=C(C#N)[C@H](c4ccc(OCc5ccccc5)c(OC)c4)CC(=O)N3C2)cc1. The van der Waals surface area contributed by atoms with E-state index in [1.165, 1.54) is 5.56 Å². The third-order valence-corrected chi connectivity index (χ3v) is 7.98. The van der Waals surface area contributed by atoms with Gasteiger partial charge in [0, 0.05) is 18.0 Å². The minimum absolute atomic E-state index is 0.0183. The van der Waals surface area contributed by atoms with E-state index < -0.39 is 0 Å². The summed E-state index contributed by atoms with van der Waals surface area (Å²) < 4.78 is 11.6. The van der Waals surface area contributed by atoms with Crippen LogP contribution < -0.4 is 14.4 Å². The first-order valence-corrected chi connectivity index (χ1v) is 13.4. The normalized spacial score (nSPS) is 17.3. The highest BCUT2D eigenvalue weighted by Gasteiger charge is 2.38. The highest BCUT2D eigenvalue weighted by atomic mass is 32.2. The molecule has 7 heteroatoms. The van der Waals surface area contributed by atoms with E-state index in [2.05, 4.69) is 42.2 Å². The van der Waals surface area contributed by atoms with Crippen LogP contribution >= 0.6 is 11.8 Å². The first-order valence-electron chi connectivity index (χ1n) is 12.4. The van der Waals surface area contributed by atoms with Crippen molar-refractivity contribution in [3.63, 3.8) is 0 Å². The molecule has 1 saturated heterocycles. The summed E-state index contributed by atoms with van der Waals surface area (Å²) >= 11 is 1.55. The van der Waals surface area contributed by atoms with Crippen molar-refractivity contribution in [1.29, 1.82) is 5.26 Å². The molecular formula is C30H29N3O3S. The highest BCUT2D eigenvalue weighted by molar-refractivity contribution is 8.03. The molecule has 0 aliphatic carbocycles. The number of fused-ring (bicyclic) bond motifs is 1. The number of ether oxygens (including phenoxy) is 2. The molecule has 3 aromatic carbocycles. The van der Waals surface area contributed by atoms with E-state index in [1.54, 1.807) is 23.8 Å². The van der Waals surface area contributed by atoms with E-state index >= 15 is 0 Å². The van der Waals surface area contributed by atoms with Crippen molar-refractivity contribution >= 4 is 23.4 Å². The van der Waals surface area contributed by atoms with Crippen LogP contribution in [0.1, 0.15) is 36.0 Å². The maximum Gasteiger partial charge on any atom is 0.229 e. The second-order valence-electron chi connectivity index (χ2n) is 9.07. The molecule has 2 aliphatic heterocycles. The molecule has 5 rings (SSSR count). The van der Waals surface area contributed by atoms with Crippen molar-refractivity contribution in [2.75, 3.05) is 24.6 Å². The number of aryl methyl sites for hydroxylation is 1. The van der Waals surface area contributed by atoms with Crippen LogP contribution in [0.25, 0.3) is 0 Å². The van der Waals surface area contributed by atoms with Crippen LogP contribution in [0.4, 0.5) is 5.69 Å². The fourth-order valence-electron chi connectivity index (χ4n) is 4.71. The molecule has 1 atom stereocenters. The minimum atomic E-state index is -0.316. The predicted molar refractivity (Wildman–Crippen MR) is 146 cm³/mol. The summed E-state index contributed by atoms with van der Waals surface area (Å²) in [5.41, 5.74) is 4.93. The van der Waals surface area contributed by atoms with Crippen molar-refractivity contribution in [3.8, 4) is 17.6 Å². The molecular weight excluding hydrogens is 482 g/mol. The Labute approximate surface area is 222 Å². The van der Waals surface area contributed by atoms with Gasteiger partial charge in [-0.3, -0.25) is 9.69 Å². The summed E-state index contributed by atoms with van der Waals surface area (Å²) in [6, 6.07) is 26.5. The molecule has 0 unspecified atom stereocenters. The van der Waals surface area contributed by atoms with Gasteiger partial charge in [0.1, 0.15) is 6.61 Å². The molecule has 0 saturated carbocycles. The Bertz CT molecular complexity index is 1350. The Balaban J connectivity index is 1.37. The van der Waals surface area contributed by atoms with E-state index in [0.29, 0.717) is 36.2 Å². The molecule has 0 radical (unpaired) electrons. The van der Waals surface area contributed by atoms with Gasteiger partial charge < -0.3 is 14.4 Å². The van der Waals surface area contributed by atoms with Gasteiger partial charge in [-0.15, -0.1) is 0 Å². The maximum absolute atomic E-state index is 13.3. The number of thioether (sulfide) groups is 1.